The highest BCUT2D eigenvalue weighted by Crippen LogP contribution is 2.27. The van der Waals surface area contributed by atoms with Crippen LogP contribution in [0.15, 0.2) is 34.7 Å². The van der Waals surface area contributed by atoms with Crippen LogP contribution in [0.4, 0.5) is 0 Å². The summed E-state index contributed by atoms with van der Waals surface area (Å²) in [5, 5.41) is 13.7. The first-order valence-electron chi connectivity index (χ1n) is 7.17. The van der Waals surface area contributed by atoms with Gasteiger partial charge in [-0.2, -0.15) is 0 Å². The minimum absolute atomic E-state index is 0.383. The van der Waals surface area contributed by atoms with E-state index in [1.165, 1.54) is 0 Å². The zero-order valence-electron chi connectivity index (χ0n) is 13.5. The SMILES string of the molecule is COc1ccc(CNCC(C)(O)c2ccc(C)o2)cc1OC. The van der Waals surface area contributed by atoms with Crippen LogP contribution in [0, 0.1) is 6.92 Å². The zero-order chi connectivity index (χ0) is 16.2. The number of aliphatic hydroxyl groups is 1. The fourth-order valence-corrected chi connectivity index (χ4v) is 2.25. The molecule has 2 rings (SSSR count). The first kappa shape index (κ1) is 16.4. The molecule has 2 aromatic rings. The Hall–Kier alpha value is -1.98. The molecule has 1 atom stereocenters. The Morgan fingerprint density at radius 3 is 2.45 bits per heavy atom. The van der Waals surface area contributed by atoms with Crippen molar-refractivity contribution in [1.82, 2.24) is 5.32 Å². The van der Waals surface area contributed by atoms with Gasteiger partial charge in [0, 0.05) is 13.1 Å². The maximum Gasteiger partial charge on any atom is 0.161 e. The molecule has 0 aliphatic rings. The molecule has 0 saturated heterocycles. The number of hydrogen-bond acceptors (Lipinski definition) is 5. The van der Waals surface area contributed by atoms with Gasteiger partial charge in [0.1, 0.15) is 17.1 Å². The van der Waals surface area contributed by atoms with E-state index in [2.05, 4.69) is 5.32 Å². The van der Waals surface area contributed by atoms with Gasteiger partial charge in [-0.1, -0.05) is 6.07 Å². The zero-order valence-corrected chi connectivity index (χ0v) is 13.5. The predicted molar refractivity (Wildman–Crippen MR) is 84.3 cm³/mol. The van der Waals surface area contributed by atoms with Gasteiger partial charge < -0.3 is 24.3 Å². The third-order valence-corrected chi connectivity index (χ3v) is 3.52. The van der Waals surface area contributed by atoms with Crippen LogP contribution < -0.4 is 14.8 Å². The fraction of sp³-hybridized carbons (Fsp3) is 0.412. The van der Waals surface area contributed by atoms with Crippen molar-refractivity contribution >= 4 is 0 Å². The topological polar surface area (TPSA) is 63.9 Å². The molecule has 5 heteroatoms. The Bertz CT molecular complexity index is 619. The van der Waals surface area contributed by atoms with Crippen molar-refractivity contribution in [3.8, 4) is 11.5 Å². The van der Waals surface area contributed by atoms with E-state index in [1.54, 1.807) is 27.2 Å². The molecule has 0 bridgehead atoms. The van der Waals surface area contributed by atoms with Crippen LogP contribution >= 0.6 is 0 Å². The number of hydrogen-bond donors (Lipinski definition) is 2. The number of ether oxygens (including phenoxy) is 2. The number of methoxy groups -OCH3 is 2. The Labute approximate surface area is 130 Å². The maximum atomic E-state index is 10.5. The van der Waals surface area contributed by atoms with Gasteiger partial charge >= 0.3 is 0 Å². The molecule has 0 saturated carbocycles. The van der Waals surface area contributed by atoms with Crippen molar-refractivity contribution in [3.05, 3.63) is 47.4 Å². The lowest BCUT2D eigenvalue weighted by atomic mass is 10.0. The first-order valence-corrected chi connectivity index (χ1v) is 7.17. The summed E-state index contributed by atoms with van der Waals surface area (Å²) in [5.74, 6) is 2.74. The summed E-state index contributed by atoms with van der Waals surface area (Å²) in [6.07, 6.45) is 0. The Morgan fingerprint density at radius 1 is 1.14 bits per heavy atom. The van der Waals surface area contributed by atoms with Crippen molar-refractivity contribution in [3.63, 3.8) is 0 Å². The first-order chi connectivity index (χ1) is 10.5. The molecular weight excluding hydrogens is 282 g/mol. The van der Waals surface area contributed by atoms with E-state index >= 15 is 0 Å². The molecule has 0 aliphatic carbocycles. The van der Waals surface area contributed by atoms with Gasteiger partial charge in [0.05, 0.1) is 14.2 Å². The molecule has 0 aliphatic heterocycles. The van der Waals surface area contributed by atoms with Crippen LogP contribution in [0.2, 0.25) is 0 Å². The van der Waals surface area contributed by atoms with E-state index in [9.17, 15) is 5.11 Å². The van der Waals surface area contributed by atoms with Crippen LogP contribution in [-0.2, 0) is 12.1 Å². The molecule has 1 aromatic heterocycles. The van der Waals surface area contributed by atoms with Crippen molar-refractivity contribution in [2.75, 3.05) is 20.8 Å². The van der Waals surface area contributed by atoms with Gasteiger partial charge in [0.25, 0.3) is 0 Å². The Kier molecular flexibility index (Phi) is 5.11. The third kappa shape index (κ3) is 3.81. The van der Waals surface area contributed by atoms with Crippen molar-refractivity contribution in [1.29, 1.82) is 0 Å². The Balaban J connectivity index is 1.96. The summed E-state index contributed by atoms with van der Waals surface area (Å²) >= 11 is 0. The molecule has 5 nitrogen and oxygen atoms in total. The maximum absolute atomic E-state index is 10.5. The van der Waals surface area contributed by atoms with Crippen molar-refractivity contribution < 1.29 is 19.0 Å². The number of aryl methyl sites for hydroxylation is 1. The molecule has 1 unspecified atom stereocenters. The normalized spacial score (nSPS) is 13.7. The second-order valence-corrected chi connectivity index (χ2v) is 5.48. The van der Waals surface area contributed by atoms with Crippen molar-refractivity contribution in [2.45, 2.75) is 26.0 Å². The molecule has 120 valence electrons. The fourth-order valence-electron chi connectivity index (χ4n) is 2.25. The van der Waals surface area contributed by atoms with Gasteiger partial charge in [-0.3, -0.25) is 0 Å². The Morgan fingerprint density at radius 2 is 1.86 bits per heavy atom. The van der Waals surface area contributed by atoms with Crippen LogP contribution in [-0.4, -0.2) is 25.9 Å². The van der Waals surface area contributed by atoms with Crippen LogP contribution in [0.1, 0.15) is 24.0 Å². The van der Waals surface area contributed by atoms with E-state index < -0.39 is 5.60 Å². The van der Waals surface area contributed by atoms with Gasteiger partial charge in [-0.25, -0.2) is 0 Å². The molecule has 1 aromatic carbocycles. The molecule has 2 N–H and O–H groups in total. The summed E-state index contributed by atoms with van der Waals surface area (Å²) in [4.78, 5) is 0. The standard InChI is InChI=1S/C17H23NO4/c1-12-5-8-16(22-12)17(2,19)11-18-10-13-6-7-14(20-3)15(9-13)21-4/h5-9,18-19H,10-11H2,1-4H3. The number of rotatable bonds is 7. The van der Waals surface area contributed by atoms with Gasteiger partial charge in [-0.05, 0) is 43.7 Å². The molecule has 1 heterocycles. The summed E-state index contributed by atoms with van der Waals surface area (Å²) in [6.45, 7) is 4.58. The van der Waals surface area contributed by atoms with E-state index in [-0.39, 0.29) is 0 Å². The largest absolute Gasteiger partial charge is 0.493 e. The number of nitrogens with one attached hydrogen (secondary N) is 1. The van der Waals surface area contributed by atoms with E-state index in [1.807, 2.05) is 31.2 Å². The average molecular weight is 305 g/mol. The predicted octanol–water partition coefficient (Wildman–Crippen LogP) is 2.60. The second kappa shape index (κ2) is 6.85. The molecule has 0 fully saturated rings. The minimum atomic E-state index is -1.05. The smallest absolute Gasteiger partial charge is 0.161 e. The molecule has 0 spiro atoms. The lowest BCUT2D eigenvalue weighted by Gasteiger charge is -2.21. The summed E-state index contributed by atoms with van der Waals surface area (Å²) < 4.78 is 16.0. The highest BCUT2D eigenvalue weighted by atomic mass is 16.5. The number of benzene rings is 1. The second-order valence-electron chi connectivity index (χ2n) is 5.48. The lowest BCUT2D eigenvalue weighted by Crippen LogP contribution is -2.34. The minimum Gasteiger partial charge on any atom is -0.493 e. The summed E-state index contributed by atoms with van der Waals surface area (Å²) in [7, 11) is 3.22. The summed E-state index contributed by atoms with van der Waals surface area (Å²) in [5.41, 5.74) is -0.00534. The molecular formula is C17H23NO4. The lowest BCUT2D eigenvalue weighted by molar-refractivity contribution is 0.0332. The van der Waals surface area contributed by atoms with Gasteiger partial charge in [-0.15, -0.1) is 0 Å². The van der Waals surface area contributed by atoms with Crippen LogP contribution in [0.5, 0.6) is 11.5 Å². The van der Waals surface area contributed by atoms with Crippen LogP contribution in [0.3, 0.4) is 0 Å². The molecule has 0 amide bonds. The van der Waals surface area contributed by atoms with Crippen LogP contribution in [0.25, 0.3) is 0 Å². The van der Waals surface area contributed by atoms with Gasteiger partial charge in [0.15, 0.2) is 11.5 Å². The highest BCUT2D eigenvalue weighted by Gasteiger charge is 2.26. The molecule has 0 radical (unpaired) electrons. The highest BCUT2D eigenvalue weighted by molar-refractivity contribution is 5.42. The molecule has 22 heavy (non-hydrogen) atoms. The monoisotopic (exact) mass is 305 g/mol. The quantitative estimate of drug-likeness (QED) is 0.823. The van der Waals surface area contributed by atoms with Gasteiger partial charge in [0.2, 0.25) is 0 Å². The third-order valence-electron chi connectivity index (χ3n) is 3.52. The number of furan rings is 1. The van der Waals surface area contributed by atoms with E-state index in [0.29, 0.717) is 30.3 Å². The average Bonchev–Trinajstić information content (AvgIpc) is 2.94. The van der Waals surface area contributed by atoms with Crippen molar-refractivity contribution in [2.24, 2.45) is 0 Å². The van der Waals surface area contributed by atoms with E-state index in [4.69, 9.17) is 13.9 Å². The van der Waals surface area contributed by atoms with E-state index in [0.717, 1.165) is 11.3 Å². The summed E-state index contributed by atoms with van der Waals surface area (Å²) in [6, 6.07) is 9.38.